The number of halogens is 1. The zero-order valence-corrected chi connectivity index (χ0v) is 11.7. The first kappa shape index (κ1) is 15.3. The number of nitriles is 1. The average Bonchev–Trinajstić information content (AvgIpc) is 2.47. The molecule has 1 aliphatic heterocycles. The van der Waals surface area contributed by atoms with E-state index in [1.54, 1.807) is 0 Å². The second-order valence-corrected chi connectivity index (χ2v) is 6.64. The van der Waals surface area contributed by atoms with E-state index in [0.717, 1.165) is 16.4 Å². The SMILES string of the molecule is N#CC1CCCN(S(=O)(=O)c2ccc(F)c([N+](=O)[O-])c2)C1. The monoisotopic (exact) mass is 313 g/mol. The van der Waals surface area contributed by atoms with E-state index >= 15 is 0 Å². The normalized spacial score (nSPS) is 19.9. The summed E-state index contributed by atoms with van der Waals surface area (Å²) in [6.45, 7) is 0.287. The molecule has 1 heterocycles. The van der Waals surface area contributed by atoms with Crippen molar-refractivity contribution in [1.29, 1.82) is 5.26 Å². The van der Waals surface area contributed by atoms with Gasteiger partial charge in [0, 0.05) is 19.2 Å². The van der Waals surface area contributed by atoms with E-state index in [1.165, 1.54) is 0 Å². The molecule has 0 spiro atoms. The summed E-state index contributed by atoms with van der Waals surface area (Å²) in [5, 5.41) is 19.6. The van der Waals surface area contributed by atoms with Gasteiger partial charge in [-0.05, 0) is 25.0 Å². The molecule has 1 aromatic carbocycles. The Bertz CT molecular complexity index is 714. The van der Waals surface area contributed by atoms with Crippen molar-refractivity contribution >= 4 is 15.7 Å². The molecule has 1 aromatic rings. The molecule has 0 aromatic heterocycles. The predicted molar refractivity (Wildman–Crippen MR) is 70.2 cm³/mol. The third kappa shape index (κ3) is 3.01. The van der Waals surface area contributed by atoms with Crippen LogP contribution in [0.1, 0.15) is 12.8 Å². The van der Waals surface area contributed by atoms with Gasteiger partial charge >= 0.3 is 5.69 Å². The molecular weight excluding hydrogens is 301 g/mol. The molecule has 1 atom stereocenters. The highest BCUT2D eigenvalue weighted by atomic mass is 32.2. The largest absolute Gasteiger partial charge is 0.306 e. The molecule has 0 bridgehead atoms. The number of sulfonamides is 1. The highest BCUT2D eigenvalue weighted by molar-refractivity contribution is 7.89. The Morgan fingerprint density at radius 1 is 1.48 bits per heavy atom. The zero-order valence-electron chi connectivity index (χ0n) is 10.9. The lowest BCUT2D eigenvalue weighted by Gasteiger charge is -2.28. The van der Waals surface area contributed by atoms with Crippen molar-refractivity contribution in [3.63, 3.8) is 0 Å². The van der Waals surface area contributed by atoms with Crippen molar-refractivity contribution in [2.75, 3.05) is 13.1 Å². The van der Waals surface area contributed by atoms with E-state index in [0.29, 0.717) is 18.9 Å². The van der Waals surface area contributed by atoms with Gasteiger partial charge in [-0.25, -0.2) is 8.42 Å². The first-order valence-corrected chi connectivity index (χ1v) is 7.64. The Labute approximate surface area is 120 Å². The average molecular weight is 313 g/mol. The molecule has 112 valence electrons. The zero-order chi connectivity index (χ0) is 15.6. The summed E-state index contributed by atoms with van der Waals surface area (Å²) in [6, 6.07) is 4.49. The number of piperidine rings is 1. The van der Waals surface area contributed by atoms with Crippen LogP contribution in [0.2, 0.25) is 0 Å². The molecule has 9 heteroatoms. The fourth-order valence-electron chi connectivity index (χ4n) is 2.21. The van der Waals surface area contributed by atoms with Crippen molar-refractivity contribution in [3.8, 4) is 6.07 Å². The topological polar surface area (TPSA) is 104 Å². The van der Waals surface area contributed by atoms with Gasteiger partial charge in [0.2, 0.25) is 15.8 Å². The Morgan fingerprint density at radius 2 is 2.19 bits per heavy atom. The maximum atomic E-state index is 13.3. The van der Waals surface area contributed by atoms with Crippen molar-refractivity contribution in [2.45, 2.75) is 17.7 Å². The predicted octanol–water partition coefficient (Wildman–Crippen LogP) is 1.66. The molecule has 0 radical (unpaired) electrons. The number of nitrogens with zero attached hydrogens (tertiary/aromatic N) is 3. The molecule has 1 fully saturated rings. The van der Waals surface area contributed by atoms with Gasteiger partial charge in [-0.2, -0.15) is 14.0 Å². The second kappa shape index (κ2) is 5.75. The van der Waals surface area contributed by atoms with E-state index in [1.807, 2.05) is 6.07 Å². The van der Waals surface area contributed by atoms with Crippen LogP contribution in [0.25, 0.3) is 0 Å². The number of hydrogen-bond acceptors (Lipinski definition) is 5. The quantitative estimate of drug-likeness (QED) is 0.623. The standard InChI is InChI=1S/C12H12FN3O4S/c13-11-4-3-10(6-12(11)16(17)18)21(19,20)15-5-1-2-9(7-14)8-15/h3-4,6,9H,1-2,5,8H2. The van der Waals surface area contributed by atoms with Gasteiger partial charge in [-0.1, -0.05) is 0 Å². The van der Waals surface area contributed by atoms with Crippen LogP contribution in [0.4, 0.5) is 10.1 Å². The third-order valence-electron chi connectivity index (χ3n) is 3.32. The van der Waals surface area contributed by atoms with Crippen LogP contribution in [0.3, 0.4) is 0 Å². The van der Waals surface area contributed by atoms with Gasteiger partial charge in [0.15, 0.2) is 0 Å². The van der Waals surface area contributed by atoms with Crippen molar-refractivity contribution in [2.24, 2.45) is 5.92 Å². The second-order valence-electron chi connectivity index (χ2n) is 4.70. The minimum Gasteiger partial charge on any atom is -0.258 e. The molecule has 2 rings (SSSR count). The minimum atomic E-state index is -3.97. The molecule has 1 saturated heterocycles. The number of hydrogen-bond donors (Lipinski definition) is 0. The van der Waals surface area contributed by atoms with Crippen LogP contribution in [0.15, 0.2) is 23.1 Å². The first-order valence-electron chi connectivity index (χ1n) is 6.20. The van der Waals surface area contributed by atoms with Crippen molar-refractivity contribution in [3.05, 3.63) is 34.1 Å². The summed E-state index contributed by atoms with van der Waals surface area (Å²) in [6.07, 6.45) is 1.16. The first-order chi connectivity index (χ1) is 9.86. The molecule has 1 unspecified atom stereocenters. The van der Waals surface area contributed by atoms with Crippen molar-refractivity contribution in [1.82, 2.24) is 4.31 Å². The lowest BCUT2D eigenvalue weighted by molar-refractivity contribution is -0.387. The van der Waals surface area contributed by atoms with Gasteiger partial charge in [0.05, 0.1) is 21.8 Å². The number of benzene rings is 1. The smallest absolute Gasteiger partial charge is 0.258 e. The molecule has 7 nitrogen and oxygen atoms in total. The van der Waals surface area contributed by atoms with Crippen LogP contribution >= 0.6 is 0 Å². The third-order valence-corrected chi connectivity index (χ3v) is 5.18. The summed E-state index contributed by atoms with van der Waals surface area (Å²) >= 11 is 0. The Hall–Kier alpha value is -2.05. The van der Waals surface area contributed by atoms with Crippen LogP contribution < -0.4 is 0 Å². The number of rotatable bonds is 3. The Morgan fingerprint density at radius 3 is 2.81 bits per heavy atom. The van der Waals surface area contributed by atoms with Crippen LogP contribution in [0, 0.1) is 33.2 Å². The van der Waals surface area contributed by atoms with E-state index in [9.17, 15) is 22.9 Å². The summed E-state index contributed by atoms with van der Waals surface area (Å²) in [7, 11) is -3.97. The van der Waals surface area contributed by atoms with Crippen LogP contribution in [-0.2, 0) is 10.0 Å². The van der Waals surface area contributed by atoms with Crippen molar-refractivity contribution < 1.29 is 17.7 Å². The van der Waals surface area contributed by atoms with Crippen LogP contribution in [-0.4, -0.2) is 30.7 Å². The Kier molecular flexibility index (Phi) is 4.20. The van der Waals surface area contributed by atoms with E-state index in [4.69, 9.17) is 5.26 Å². The number of nitro groups is 1. The molecular formula is C12H12FN3O4S. The molecule has 0 N–H and O–H groups in total. The highest BCUT2D eigenvalue weighted by Crippen LogP contribution is 2.27. The fourth-order valence-corrected chi connectivity index (χ4v) is 3.75. The summed E-state index contributed by atoms with van der Waals surface area (Å²) in [5.74, 6) is -1.49. The van der Waals surface area contributed by atoms with Gasteiger partial charge in [0.1, 0.15) is 0 Å². The lowest BCUT2D eigenvalue weighted by Crippen LogP contribution is -2.39. The molecule has 0 amide bonds. The number of nitro benzene ring substituents is 1. The van der Waals surface area contributed by atoms with Gasteiger partial charge in [0.25, 0.3) is 0 Å². The molecule has 21 heavy (non-hydrogen) atoms. The molecule has 1 aliphatic rings. The Balaban J connectivity index is 2.38. The summed E-state index contributed by atoms with van der Waals surface area (Å²) < 4.78 is 39.2. The van der Waals surface area contributed by atoms with E-state index in [2.05, 4.69) is 0 Å². The maximum absolute atomic E-state index is 13.3. The maximum Gasteiger partial charge on any atom is 0.306 e. The highest BCUT2D eigenvalue weighted by Gasteiger charge is 2.31. The summed E-state index contributed by atoms with van der Waals surface area (Å²) in [5.41, 5.74) is -0.884. The fraction of sp³-hybridized carbons (Fsp3) is 0.417. The van der Waals surface area contributed by atoms with Gasteiger partial charge < -0.3 is 0 Å². The minimum absolute atomic E-state index is 0.0456. The molecule has 0 saturated carbocycles. The van der Waals surface area contributed by atoms with Gasteiger partial charge in [-0.3, -0.25) is 10.1 Å². The van der Waals surface area contributed by atoms with Gasteiger partial charge in [-0.15, -0.1) is 0 Å². The van der Waals surface area contributed by atoms with E-state index < -0.39 is 32.4 Å². The molecule has 0 aliphatic carbocycles. The van der Waals surface area contributed by atoms with E-state index in [-0.39, 0.29) is 18.0 Å². The summed E-state index contributed by atoms with van der Waals surface area (Å²) in [4.78, 5) is 9.38. The van der Waals surface area contributed by atoms with Crippen LogP contribution in [0.5, 0.6) is 0 Å². The lowest BCUT2D eigenvalue weighted by atomic mass is 10.0.